The molecule has 106 valence electrons. The molecule has 18 heavy (non-hydrogen) atoms. The van der Waals surface area contributed by atoms with E-state index in [1.807, 2.05) is 6.92 Å². The van der Waals surface area contributed by atoms with Crippen molar-refractivity contribution < 1.29 is 19.4 Å². The minimum atomic E-state index is -1.02. The third kappa shape index (κ3) is 6.44. The molecule has 0 aliphatic carbocycles. The second-order valence-corrected chi connectivity index (χ2v) is 5.68. The lowest BCUT2D eigenvalue weighted by molar-refractivity contribution is -0.138. The molecule has 6 nitrogen and oxygen atoms in total. The van der Waals surface area contributed by atoms with Gasteiger partial charge in [0, 0.05) is 5.54 Å². The Balaban J connectivity index is 4.60. The van der Waals surface area contributed by atoms with Crippen LogP contribution in [0.5, 0.6) is 0 Å². The molecule has 0 rings (SSSR count). The minimum Gasteiger partial charge on any atom is -0.481 e. The van der Waals surface area contributed by atoms with Crippen LogP contribution in [-0.4, -0.2) is 34.4 Å². The highest BCUT2D eigenvalue weighted by Gasteiger charge is 2.33. The van der Waals surface area contributed by atoms with Gasteiger partial charge < -0.3 is 20.9 Å². The zero-order valence-corrected chi connectivity index (χ0v) is 11.7. The number of amides is 1. The molecule has 0 aliphatic heterocycles. The summed E-state index contributed by atoms with van der Waals surface area (Å²) in [5.74, 6) is -0.996. The second kappa shape index (κ2) is 6.04. The first kappa shape index (κ1) is 16.7. The van der Waals surface area contributed by atoms with Gasteiger partial charge in [-0.2, -0.15) is 0 Å². The predicted octanol–water partition coefficient (Wildman–Crippen LogP) is 1.48. The maximum atomic E-state index is 11.6. The highest BCUT2D eigenvalue weighted by Crippen LogP contribution is 2.16. The summed E-state index contributed by atoms with van der Waals surface area (Å²) in [5.41, 5.74) is 4.32. The lowest BCUT2D eigenvalue weighted by atomic mass is 9.88. The van der Waals surface area contributed by atoms with E-state index in [0.29, 0.717) is 6.42 Å². The zero-order chi connectivity index (χ0) is 14.6. The second-order valence-electron chi connectivity index (χ2n) is 5.68. The number of nitrogens with one attached hydrogen (secondary N) is 1. The molecule has 0 aromatic heterocycles. The highest BCUT2D eigenvalue weighted by molar-refractivity contribution is 5.70. The van der Waals surface area contributed by atoms with Crippen molar-refractivity contribution in [2.24, 2.45) is 5.73 Å². The molecular formula is C12H24N2O4. The summed E-state index contributed by atoms with van der Waals surface area (Å²) in [7, 11) is 0. The lowest BCUT2D eigenvalue weighted by Crippen LogP contribution is -2.57. The fourth-order valence-corrected chi connectivity index (χ4v) is 1.63. The van der Waals surface area contributed by atoms with Gasteiger partial charge in [-0.25, -0.2) is 4.79 Å². The van der Waals surface area contributed by atoms with Gasteiger partial charge in [-0.15, -0.1) is 0 Å². The third-order valence-electron chi connectivity index (χ3n) is 2.43. The number of carboxylic acids is 1. The van der Waals surface area contributed by atoms with Crippen molar-refractivity contribution in [2.75, 3.05) is 0 Å². The average molecular weight is 260 g/mol. The molecule has 4 N–H and O–H groups in total. The summed E-state index contributed by atoms with van der Waals surface area (Å²) >= 11 is 0. The molecule has 0 aliphatic rings. The molecule has 0 aromatic rings. The molecule has 6 heteroatoms. The van der Waals surface area contributed by atoms with Crippen molar-refractivity contribution >= 4 is 12.1 Å². The number of alkyl carbamates (subject to hydrolysis) is 1. The van der Waals surface area contributed by atoms with Gasteiger partial charge in [0.15, 0.2) is 0 Å². The molecule has 0 saturated carbocycles. The molecule has 0 bridgehead atoms. The van der Waals surface area contributed by atoms with Gasteiger partial charge in [-0.3, -0.25) is 4.79 Å². The Hall–Kier alpha value is -1.30. The summed E-state index contributed by atoms with van der Waals surface area (Å²) < 4.78 is 5.12. The largest absolute Gasteiger partial charge is 0.481 e. The number of hydrogen-bond donors (Lipinski definition) is 3. The van der Waals surface area contributed by atoms with Crippen LogP contribution in [-0.2, 0) is 9.53 Å². The monoisotopic (exact) mass is 260 g/mol. The number of nitrogens with two attached hydrogens (primary N) is 1. The lowest BCUT2D eigenvalue weighted by Gasteiger charge is -2.33. The van der Waals surface area contributed by atoms with E-state index in [-0.39, 0.29) is 6.42 Å². The number of ether oxygens (including phenoxy) is 1. The van der Waals surface area contributed by atoms with Gasteiger partial charge in [0.25, 0.3) is 0 Å². The molecule has 2 unspecified atom stereocenters. The van der Waals surface area contributed by atoms with E-state index in [1.165, 1.54) is 0 Å². The Morgan fingerprint density at radius 1 is 1.33 bits per heavy atom. The van der Waals surface area contributed by atoms with Crippen LogP contribution in [0.4, 0.5) is 4.79 Å². The van der Waals surface area contributed by atoms with Gasteiger partial charge >= 0.3 is 12.1 Å². The molecule has 0 radical (unpaired) electrons. The van der Waals surface area contributed by atoms with Crippen LogP contribution in [0.1, 0.15) is 47.5 Å². The molecular weight excluding hydrogens is 236 g/mol. The number of carbonyl (C=O) groups excluding carboxylic acids is 1. The van der Waals surface area contributed by atoms with E-state index >= 15 is 0 Å². The molecule has 0 spiro atoms. The number of carboxylic acid groups (broad SMARTS) is 1. The van der Waals surface area contributed by atoms with Crippen LogP contribution in [0, 0.1) is 0 Å². The number of hydrogen-bond acceptors (Lipinski definition) is 4. The van der Waals surface area contributed by atoms with E-state index in [2.05, 4.69) is 5.32 Å². The van der Waals surface area contributed by atoms with E-state index in [1.54, 1.807) is 27.7 Å². The first-order valence-electron chi connectivity index (χ1n) is 5.98. The van der Waals surface area contributed by atoms with Gasteiger partial charge in [0.05, 0.1) is 12.5 Å². The Morgan fingerprint density at radius 3 is 2.17 bits per heavy atom. The van der Waals surface area contributed by atoms with Gasteiger partial charge in [-0.1, -0.05) is 6.92 Å². The van der Waals surface area contributed by atoms with Gasteiger partial charge in [0.2, 0.25) is 0 Å². The molecule has 0 aromatic carbocycles. The van der Waals surface area contributed by atoms with Crippen LogP contribution in [0.2, 0.25) is 0 Å². The maximum Gasteiger partial charge on any atom is 0.407 e. The molecule has 2 atom stereocenters. The van der Waals surface area contributed by atoms with E-state index in [4.69, 9.17) is 15.6 Å². The third-order valence-corrected chi connectivity index (χ3v) is 2.43. The molecule has 0 heterocycles. The van der Waals surface area contributed by atoms with E-state index in [0.717, 1.165) is 0 Å². The summed E-state index contributed by atoms with van der Waals surface area (Å²) in [6.45, 7) is 8.70. The maximum absolute atomic E-state index is 11.6. The average Bonchev–Trinajstić information content (AvgIpc) is 2.08. The van der Waals surface area contributed by atoms with Gasteiger partial charge in [0.1, 0.15) is 5.60 Å². The first-order valence-corrected chi connectivity index (χ1v) is 5.98. The number of carbonyl (C=O) groups is 2. The van der Waals surface area contributed by atoms with Crippen LogP contribution < -0.4 is 11.1 Å². The normalized spacial score (nSPS) is 16.6. The zero-order valence-electron chi connectivity index (χ0n) is 11.7. The first-order chi connectivity index (χ1) is 7.98. The smallest absolute Gasteiger partial charge is 0.407 e. The van der Waals surface area contributed by atoms with Crippen molar-refractivity contribution in [2.45, 2.75) is 64.6 Å². The van der Waals surface area contributed by atoms with Crippen molar-refractivity contribution in [3.8, 4) is 0 Å². The van der Waals surface area contributed by atoms with Crippen LogP contribution >= 0.6 is 0 Å². The Morgan fingerprint density at radius 2 is 1.83 bits per heavy atom. The van der Waals surface area contributed by atoms with Crippen molar-refractivity contribution in [1.29, 1.82) is 0 Å². The molecule has 1 amide bonds. The van der Waals surface area contributed by atoms with Crippen molar-refractivity contribution in [1.82, 2.24) is 5.32 Å². The number of aliphatic carboxylic acids is 1. The summed E-state index contributed by atoms with van der Waals surface area (Å²) in [4.78, 5) is 22.4. The minimum absolute atomic E-state index is 0.221. The summed E-state index contributed by atoms with van der Waals surface area (Å²) in [5, 5.41) is 11.4. The summed E-state index contributed by atoms with van der Waals surface area (Å²) in [6, 6.07) is -0.455. The standard InChI is InChI=1S/C12H24N2O4/c1-6-8(12(5,13)7-9(15)16)14-10(17)18-11(2,3)4/h8H,6-7,13H2,1-5H3,(H,14,17)(H,15,16). The highest BCUT2D eigenvalue weighted by atomic mass is 16.6. The Kier molecular flexibility index (Phi) is 5.60. The quantitative estimate of drug-likeness (QED) is 0.695. The van der Waals surface area contributed by atoms with Crippen molar-refractivity contribution in [3.63, 3.8) is 0 Å². The van der Waals surface area contributed by atoms with E-state index < -0.39 is 29.2 Å². The SMILES string of the molecule is CCC(NC(=O)OC(C)(C)C)C(C)(N)CC(=O)O. The molecule has 0 saturated heterocycles. The Labute approximate surface area is 108 Å². The van der Waals surface area contributed by atoms with Crippen LogP contribution in [0.15, 0.2) is 0 Å². The fourth-order valence-electron chi connectivity index (χ4n) is 1.63. The van der Waals surface area contributed by atoms with E-state index in [9.17, 15) is 9.59 Å². The van der Waals surface area contributed by atoms with Crippen LogP contribution in [0.3, 0.4) is 0 Å². The molecule has 0 fully saturated rings. The topological polar surface area (TPSA) is 102 Å². The number of rotatable bonds is 5. The fraction of sp³-hybridized carbons (Fsp3) is 0.833. The van der Waals surface area contributed by atoms with Crippen LogP contribution in [0.25, 0.3) is 0 Å². The Bertz CT molecular complexity index is 308. The van der Waals surface area contributed by atoms with Gasteiger partial charge in [-0.05, 0) is 34.1 Å². The summed E-state index contributed by atoms with van der Waals surface area (Å²) in [6.07, 6.45) is -0.280. The van der Waals surface area contributed by atoms with Crippen molar-refractivity contribution in [3.05, 3.63) is 0 Å². The predicted molar refractivity (Wildman–Crippen MR) is 68.3 cm³/mol.